The number of allylic oxidation sites excluding steroid dienone is 1. The molecule has 0 N–H and O–H groups in total. The van der Waals surface area contributed by atoms with Crippen LogP contribution in [0.1, 0.15) is 29.3 Å². The molecule has 0 radical (unpaired) electrons. The third kappa shape index (κ3) is 2.89. The lowest BCUT2D eigenvalue weighted by molar-refractivity contribution is 0.312. The normalized spacial score (nSPS) is 15.6. The van der Waals surface area contributed by atoms with Crippen molar-refractivity contribution < 1.29 is 4.39 Å². The lowest BCUT2D eigenvalue weighted by Crippen LogP contribution is -2.26. The Hall–Kier alpha value is -2.39. The van der Waals surface area contributed by atoms with E-state index in [4.69, 9.17) is 0 Å². The number of hydrogen-bond donors (Lipinski definition) is 0. The number of halogens is 1. The van der Waals surface area contributed by atoms with Crippen LogP contribution in [-0.4, -0.2) is 23.1 Å². The van der Waals surface area contributed by atoms with Crippen LogP contribution in [0.4, 0.5) is 4.39 Å². The first-order valence-corrected chi connectivity index (χ1v) is 8.78. The Bertz CT molecular complexity index is 981. The first kappa shape index (κ1) is 16.1. The quantitative estimate of drug-likeness (QED) is 0.633. The third-order valence-corrected chi connectivity index (χ3v) is 5.14. The smallest absolute Gasteiger partial charge is 0.123 e. The van der Waals surface area contributed by atoms with E-state index in [2.05, 4.69) is 54.8 Å². The number of aryl methyl sites for hydroxylation is 1. The highest BCUT2D eigenvalue weighted by atomic mass is 19.1. The number of likely N-dealkylation sites (N-methyl/N-ethyl adjacent to an activating group) is 1. The van der Waals surface area contributed by atoms with Gasteiger partial charge in [-0.3, -0.25) is 0 Å². The van der Waals surface area contributed by atoms with Gasteiger partial charge in [-0.2, -0.15) is 0 Å². The Morgan fingerprint density at radius 3 is 2.80 bits per heavy atom. The number of benzene rings is 2. The van der Waals surface area contributed by atoms with E-state index >= 15 is 0 Å². The lowest BCUT2D eigenvalue weighted by Gasteiger charge is -2.23. The van der Waals surface area contributed by atoms with Crippen molar-refractivity contribution >= 4 is 22.7 Å². The Kier molecular flexibility index (Phi) is 3.97. The zero-order chi connectivity index (χ0) is 17.6. The summed E-state index contributed by atoms with van der Waals surface area (Å²) in [5, 5.41) is 1.34. The second kappa shape index (κ2) is 6.16. The monoisotopic (exact) mass is 334 g/mol. The first-order valence-electron chi connectivity index (χ1n) is 8.78. The third-order valence-electron chi connectivity index (χ3n) is 5.14. The van der Waals surface area contributed by atoms with Gasteiger partial charge in [-0.1, -0.05) is 23.8 Å². The van der Waals surface area contributed by atoms with Crippen molar-refractivity contribution in [2.24, 2.45) is 0 Å². The lowest BCUT2D eigenvalue weighted by atomic mass is 10.0. The molecule has 0 amide bonds. The van der Waals surface area contributed by atoms with Gasteiger partial charge >= 0.3 is 0 Å². The Morgan fingerprint density at radius 2 is 2.00 bits per heavy atom. The molecule has 128 valence electrons. The van der Waals surface area contributed by atoms with Crippen LogP contribution in [0.15, 0.2) is 42.5 Å². The summed E-state index contributed by atoms with van der Waals surface area (Å²) in [7, 11) is 2.18. The van der Waals surface area contributed by atoms with Crippen LogP contribution >= 0.6 is 0 Å². The van der Waals surface area contributed by atoms with Crippen molar-refractivity contribution in [3.63, 3.8) is 0 Å². The highest BCUT2D eigenvalue weighted by Gasteiger charge is 2.21. The number of fused-ring (bicyclic) bond motifs is 3. The molecule has 0 spiro atoms. The minimum Gasteiger partial charge on any atom is -0.320 e. The summed E-state index contributed by atoms with van der Waals surface area (Å²) in [5.74, 6) is -0.193. The highest BCUT2D eigenvalue weighted by molar-refractivity contribution is 5.90. The van der Waals surface area contributed by atoms with Gasteiger partial charge in [-0.15, -0.1) is 0 Å². The molecule has 0 bridgehead atoms. The molecule has 0 fully saturated rings. The molecule has 2 heterocycles. The van der Waals surface area contributed by atoms with E-state index < -0.39 is 0 Å². The molecule has 25 heavy (non-hydrogen) atoms. The van der Waals surface area contributed by atoms with Gasteiger partial charge in [0.05, 0.1) is 5.52 Å². The number of hydrogen-bond acceptors (Lipinski definition) is 1. The second-order valence-corrected chi connectivity index (χ2v) is 7.13. The first-order chi connectivity index (χ1) is 12.0. The van der Waals surface area contributed by atoms with Crippen LogP contribution in [0.5, 0.6) is 0 Å². The Balaban J connectivity index is 1.91. The van der Waals surface area contributed by atoms with Crippen LogP contribution in [-0.2, 0) is 13.0 Å². The van der Waals surface area contributed by atoms with Crippen LogP contribution in [0.2, 0.25) is 0 Å². The molecule has 0 saturated carbocycles. The molecule has 3 heteroatoms. The van der Waals surface area contributed by atoms with Crippen molar-refractivity contribution in [3.8, 4) is 0 Å². The van der Waals surface area contributed by atoms with Gasteiger partial charge in [0.25, 0.3) is 0 Å². The standard InChI is InChI=1S/C22H23FN2/c1-15-7-8-21-19(11-15)20-14-24(3)10-9-22(20)25(21)13-16(2)17-5-4-6-18(23)12-17/h4-8,11-13H,9-10,14H2,1-3H3/b16-13-. The SMILES string of the molecule is C/C(=C/n1c2c(c3cc(C)ccc31)CN(C)CC2)c1cccc(F)c1. The topological polar surface area (TPSA) is 8.17 Å². The molecule has 2 aromatic carbocycles. The molecule has 4 rings (SSSR count). The minimum absolute atomic E-state index is 0.193. The molecule has 3 aromatic rings. The summed E-state index contributed by atoms with van der Waals surface area (Å²) in [6.07, 6.45) is 3.20. The average Bonchev–Trinajstić information content (AvgIpc) is 2.87. The fraction of sp³-hybridized carbons (Fsp3) is 0.273. The minimum atomic E-state index is -0.193. The molecular formula is C22H23FN2. The number of nitrogens with zero attached hydrogens (tertiary/aromatic N) is 2. The van der Waals surface area contributed by atoms with E-state index in [0.717, 1.165) is 30.6 Å². The van der Waals surface area contributed by atoms with Gasteiger partial charge in [0, 0.05) is 36.8 Å². The van der Waals surface area contributed by atoms with Crippen LogP contribution in [0.3, 0.4) is 0 Å². The van der Waals surface area contributed by atoms with Crippen LogP contribution < -0.4 is 0 Å². The molecule has 2 nitrogen and oxygen atoms in total. The summed E-state index contributed by atoms with van der Waals surface area (Å²) in [4.78, 5) is 2.37. The number of aromatic nitrogens is 1. The van der Waals surface area contributed by atoms with Gasteiger partial charge < -0.3 is 9.47 Å². The maximum Gasteiger partial charge on any atom is 0.123 e. The Labute approximate surface area is 148 Å². The maximum absolute atomic E-state index is 13.6. The van der Waals surface area contributed by atoms with E-state index in [0.29, 0.717) is 0 Å². The van der Waals surface area contributed by atoms with E-state index in [9.17, 15) is 4.39 Å². The van der Waals surface area contributed by atoms with Gasteiger partial charge in [0.2, 0.25) is 0 Å². The van der Waals surface area contributed by atoms with Crippen molar-refractivity contribution in [3.05, 3.63) is 70.7 Å². The largest absolute Gasteiger partial charge is 0.320 e. The fourth-order valence-corrected chi connectivity index (χ4v) is 3.79. The summed E-state index contributed by atoms with van der Waals surface area (Å²) in [6, 6.07) is 13.5. The molecule has 0 atom stereocenters. The molecule has 0 saturated heterocycles. The summed E-state index contributed by atoms with van der Waals surface area (Å²) in [6.45, 7) is 6.24. The molecule has 0 aliphatic carbocycles. The second-order valence-electron chi connectivity index (χ2n) is 7.13. The predicted molar refractivity (Wildman–Crippen MR) is 103 cm³/mol. The summed E-state index contributed by atoms with van der Waals surface area (Å²) in [5.41, 5.74) is 7.33. The zero-order valence-corrected chi connectivity index (χ0v) is 15.0. The van der Waals surface area contributed by atoms with Crippen molar-refractivity contribution in [1.82, 2.24) is 9.47 Å². The predicted octanol–water partition coefficient (Wildman–Crippen LogP) is 5.09. The maximum atomic E-state index is 13.6. The molecule has 1 aliphatic rings. The van der Waals surface area contributed by atoms with Crippen LogP contribution in [0, 0.1) is 12.7 Å². The number of rotatable bonds is 2. The molecular weight excluding hydrogens is 311 g/mol. The molecule has 1 aliphatic heterocycles. The van der Waals surface area contributed by atoms with Gasteiger partial charge in [0.15, 0.2) is 0 Å². The van der Waals surface area contributed by atoms with E-state index in [1.807, 2.05) is 6.07 Å². The van der Waals surface area contributed by atoms with E-state index in [1.54, 1.807) is 12.1 Å². The average molecular weight is 334 g/mol. The van der Waals surface area contributed by atoms with Crippen molar-refractivity contribution in [2.75, 3.05) is 13.6 Å². The highest BCUT2D eigenvalue weighted by Crippen LogP contribution is 2.32. The zero-order valence-electron chi connectivity index (χ0n) is 15.0. The Morgan fingerprint density at radius 1 is 1.16 bits per heavy atom. The van der Waals surface area contributed by atoms with E-state index in [-0.39, 0.29) is 5.82 Å². The summed E-state index contributed by atoms with van der Waals surface area (Å²) >= 11 is 0. The van der Waals surface area contributed by atoms with Gasteiger partial charge in [-0.25, -0.2) is 4.39 Å². The van der Waals surface area contributed by atoms with Crippen molar-refractivity contribution in [1.29, 1.82) is 0 Å². The van der Waals surface area contributed by atoms with Gasteiger partial charge in [-0.05, 0) is 61.9 Å². The van der Waals surface area contributed by atoms with Gasteiger partial charge in [0.1, 0.15) is 5.82 Å². The summed E-state index contributed by atoms with van der Waals surface area (Å²) < 4.78 is 15.9. The fourth-order valence-electron chi connectivity index (χ4n) is 3.79. The van der Waals surface area contributed by atoms with Crippen LogP contribution in [0.25, 0.3) is 22.7 Å². The molecule has 0 unspecified atom stereocenters. The molecule has 1 aromatic heterocycles. The van der Waals surface area contributed by atoms with E-state index in [1.165, 1.54) is 33.8 Å². The van der Waals surface area contributed by atoms with Crippen molar-refractivity contribution in [2.45, 2.75) is 26.8 Å².